The number of nitrogens with two attached hydrogens (primary N) is 1. The number of amides is 3. The van der Waals surface area contributed by atoms with Crippen LogP contribution in [0.25, 0.3) is 10.9 Å². The van der Waals surface area contributed by atoms with Crippen LogP contribution >= 0.6 is 23.1 Å². The molecule has 0 radical (unpaired) electrons. The third-order valence-corrected chi connectivity index (χ3v) is 12.2. The number of quaternary nitrogens is 1. The summed E-state index contributed by atoms with van der Waals surface area (Å²) in [6, 6.07) is 1.62. The second kappa shape index (κ2) is 15.5. The molecule has 8 N–H and O–H groups in total. The van der Waals surface area contributed by atoms with Gasteiger partial charge in [0.1, 0.15) is 29.2 Å². The first kappa shape index (κ1) is 39.5. The number of aliphatic hydroxyl groups excluding tert-OH is 1. The average Bonchev–Trinajstić information content (AvgIpc) is 3.80. The van der Waals surface area contributed by atoms with E-state index in [0.717, 1.165) is 42.8 Å². The number of nitrogens with zero attached hydrogens (tertiary/aromatic N) is 5. The molecule has 294 valence electrons. The van der Waals surface area contributed by atoms with Gasteiger partial charge in [-0.3, -0.25) is 24.1 Å². The SMILES string of the molecule is CCn1cc(C(=O)NCC[N+]2(CC3=C(CO)N4C(=O)C(NC(=O)C(=NOC(C)(C)C(=O)O)c5csc(N)n5)C4SC3)CCCC2)c(=O)c2ccc(O)c(O)c21. The molecule has 0 spiro atoms. The van der Waals surface area contributed by atoms with Crippen LogP contribution in [-0.4, -0.2) is 131 Å². The van der Waals surface area contributed by atoms with E-state index in [1.165, 1.54) is 54.2 Å². The molecule has 0 bridgehead atoms. The summed E-state index contributed by atoms with van der Waals surface area (Å²) in [5, 5.41) is 50.9. The topological polar surface area (TPSA) is 259 Å². The number of nitrogen functional groups attached to an aromatic ring is 1. The number of phenolic OH excluding ortho intramolecular Hbond substituents is 2. The Labute approximate surface area is 322 Å². The first-order chi connectivity index (χ1) is 26.1. The van der Waals surface area contributed by atoms with Gasteiger partial charge in [-0.2, -0.15) is 0 Å². The second-order valence-corrected chi connectivity index (χ2v) is 16.1. The highest BCUT2D eigenvalue weighted by Gasteiger charge is 2.53. The zero-order valence-corrected chi connectivity index (χ0v) is 32.0. The van der Waals surface area contributed by atoms with Crippen LogP contribution in [0.5, 0.6) is 11.5 Å². The molecule has 5 heterocycles. The van der Waals surface area contributed by atoms with Crippen molar-refractivity contribution in [3.63, 3.8) is 0 Å². The number of β-lactam (4-membered cyclic amide) rings is 1. The van der Waals surface area contributed by atoms with Crippen molar-refractivity contribution in [3.8, 4) is 11.5 Å². The molecular weight excluding hydrogens is 757 g/mol. The Balaban J connectivity index is 1.14. The summed E-state index contributed by atoms with van der Waals surface area (Å²) in [6.45, 7) is 7.16. The number of rotatable bonds is 14. The van der Waals surface area contributed by atoms with Crippen molar-refractivity contribution in [2.24, 2.45) is 5.16 Å². The average molecular weight is 800 g/mol. The molecule has 2 unspecified atom stereocenters. The Bertz CT molecular complexity index is 2170. The lowest BCUT2D eigenvalue weighted by atomic mass is 10.0. The maximum Gasteiger partial charge on any atom is 0.350 e. The van der Waals surface area contributed by atoms with Gasteiger partial charge < -0.3 is 50.7 Å². The molecule has 0 aliphatic carbocycles. The van der Waals surface area contributed by atoms with Crippen LogP contribution in [0.4, 0.5) is 5.13 Å². The third-order valence-electron chi connectivity index (χ3n) is 10.2. The number of benzene rings is 1. The number of hydrogen-bond donors (Lipinski definition) is 7. The summed E-state index contributed by atoms with van der Waals surface area (Å²) in [5.74, 6) is -3.46. The minimum Gasteiger partial charge on any atom is -0.504 e. The van der Waals surface area contributed by atoms with Crippen molar-refractivity contribution in [2.75, 3.05) is 50.8 Å². The molecule has 55 heavy (non-hydrogen) atoms. The lowest BCUT2D eigenvalue weighted by Gasteiger charge is -2.51. The fourth-order valence-corrected chi connectivity index (χ4v) is 9.02. The predicted molar refractivity (Wildman–Crippen MR) is 204 cm³/mol. The van der Waals surface area contributed by atoms with Crippen molar-refractivity contribution in [1.82, 2.24) is 25.1 Å². The minimum absolute atomic E-state index is 0.0481. The number of nitrogens with one attached hydrogen (secondary N) is 2. The smallest absolute Gasteiger partial charge is 0.350 e. The van der Waals surface area contributed by atoms with Crippen LogP contribution in [0.1, 0.15) is 49.7 Å². The minimum atomic E-state index is -1.76. The number of aliphatic carboxylic acids is 1. The van der Waals surface area contributed by atoms with E-state index in [9.17, 15) is 44.4 Å². The molecule has 3 aliphatic rings. The number of likely N-dealkylation sites (tertiary alicyclic amines) is 1. The predicted octanol–water partition coefficient (Wildman–Crippen LogP) is 0.742. The summed E-state index contributed by atoms with van der Waals surface area (Å²) in [5.41, 5.74) is 4.53. The summed E-state index contributed by atoms with van der Waals surface area (Å²) < 4.78 is 2.14. The number of carboxylic acid groups (broad SMARTS) is 1. The van der Waals surface area contributed by atoms with Crippen LogP contribution in [-0.2, 0) is 25.8 Å². The van der Waals surface area contributed by atoms with Crippen molar-refractivity contribution in [3.05, 3.63) is 56.5 Å². The van der Waals surface area contributed by atoms with Crippen molar-refractivity contribution in [2.45, 2.75) is 57.2 Å². The van der Waals surface area contributed by atoms with Gasteiger partial charge in [-0.25, -0.2) is 9.78 Å². The van der Waals surface area contributed by atoms with Gasteiger partial charge in [0.2, 0.25) is 11.0 Å². The number of fused-ring (bicyclic) bond motifs is 2. The van der Waals surface area contributed by atoms with E-state index in [0.29, 0.717) is 35.6 Å². The molecule has 3 aliphatic heterocycles. The van der Waals surface area contributed by atoms with Crippen molar-refractivity contribution >= 4 is 68.5 Å². The highest BCUT2D eigenvalue weighted by atomic mass is 32.2. The Kier molecular flexibility index (Phi) is 11.1. The number of hydrogen-bond acceptors (Lipinski definition) is 14. The number of anilines is 1. The Morgan fingerprint density at radius 3 is 2.55 bits per heavy atom. The number of phenols is 2. The number of carbonyl (C=O) groups is 4. The number of thiazole rings is 1. The summed E-state index contributed by atoms with van der Waals surface area (Å²) in [7, 11) is 0. The van der Waals surface area contributed by atoms with E-state index < -0.39 is 58.5 Å². The molecule has 20 heteroatoms. The zero-order valence-electron chi connectivity index (χ0n) is 30.4. The van der Waals surface area contributed by atoms with Gasteiger partial charge in [0.25, 0.3) is 17.7 Å². The summed E-state index contributed by atoms with van der Waals surface area (Å²) in [6.07, 6.45) is 3.28. The van der Waals surface area contributed by atoms with Crippen molar-refractivity contribution in [1.29, 1.82) is 0 Å². The van der Waals surface area contributed by atoms with E-state index in [-0.39, 0.29) is 45.3 Å². The number of aromatic nitrogens is 2. The number of aromatic hydroxyl groups is 2. The number of oxime groups is 1. The molecule has 18 nitrogen and oxygen atoms in total. The molecule has 0 saturated carbocycles. The van der Waals surface area contributed by atoms with Gasteiger partial charge in [-0.15, -0.1) is 23.1 Å². The largest absolute Gasteiger partial charge is 0.504 e. The van der Waals surface area contributed by atoms with E-state index in [1.807, 2.05) is 0 Å². The second-order valence-electron chi connectivity index (χ2n) is 14.1. The standard InChI is InChI=1S/C35H42N8O10S2/c1-4-41-13-20(27(46)19-7-8-23(45)28(47)26(19)41)29(48)37-9-12-43(10-5-6-11-43)14-18-16-54-32-25(31(50)42(32)22(18)15-44)39-30(49)24(21-17-55-34(36)38-21)40-53-35(2,3)33(51)52/h7-8,13,17,25,32,44H,4-6,9-12,14-16H2,1-3H3,(H6-,36,37,38,39,40,45,46,47,48,49,51,52)/p+1. The number of aryl methyl sites for hydroxylation is 1. The Morgan fingerprint density at radius 2 is 1.91 bits per heavy atom. The number of aliphatic hydroxyl groups is 1. The maximum absolute atomic E-state index is 13.6. The van der Waals surface area contributed by atoms with E-state index in [1.54, 1.807) is 11.5 Å². The number of thioether (sulfide) groups is 1. The highest BCUT2D eigenvalue weighted by molar-refractivity contribution is 8.00. The van der Waals surface area contributed by atoms with E-state index in [2.05, 4.69) is 20.8 Å². The fourth-order valence-electron chi connectivity index (χ4n) is 7.08. The molecule has 3 aromatic rings. The van der Waals surface area contributed by atoms with Crippen LogP contribution in [0.2, 0.25) is 0 Å². The van der Waals surface area contributed by atoms with Gasteiger partial charge in [0.15, 0.2) is 22.3 Å². The molecule has 3 amide bonds. The van der Waals surface area contributed by atoms with Crippen LogP contribution in [0.15, 0.2) is 44.9 Å². The van der Waals surface area contributed by atoms with Crippen LogP contribution in [0.3, 0.4) is 0 Å². The van der Waals surface area contributed by atoms with E-state index >= 15 is 0 Å². The lowest BCUT2D eigenvalue weighted by Crippen LogP contribution is -2.71. The molecule has 2 saturated heterocycles. The summed E-state index contributed by atoms with van der Waals surface area (Å²) >= 11 is 2.47. The zero-order chi connectivity index (χ0) is 39.8. The van der Waals surface area contributed by atoms with Crippen LogP contribution < -0.4 is 21.8 Å². The lowest BCUT2D eigenvalue weighted by molar-refractivity contribution is -0.911. The van der Waals surface area contributed by atoms with Crippen LogP contribution in [0, 0.1) is 0 Å². The van der Waals surface area contributed by atoms with Gasteiger partial charge in [0, 0.05) is 42.3 Å². The number of pyridine rings is 1. The van der Waals surface area contributed by atoms with Crippen molar-refractivity contribution < 1.29 is 48.9 Å². The maximum atomic E-state index is 13.6. The first-order valence-electron chi connectivity index (χ1n) is 17.6. The third kappa shape index (κ3) is 7.58. The van der Waals surface area contributed by atoms with Gasteiger partial charge in [-0.05, 0) is 32.9 Å². The molecular formula is C35H43N8O10S2+. The number of carbonyl (C=O) groups excluding carboxylic acids is 3. The molecule has 2 fully saturated rings. The first-order valence-corrected chi connectivity index (χ1v) is 19.5. The molecule has 2 aromatic heterocycles. The Hall–Kier alpha value is -5.18. The number of carboxylic acids is 1. The van der Waals surface area contributed by atoms with Gasteiger partial charge >= 0.3 is 5.97 Å². The molecule has 6 rings (SSSR count). The molecule has 1 aromatic carbocycles. The normalized spacial score (nSPS) is 19.6. The highest BCUT2D eigenvalue weighted by Crippen LogP contribution is 2.41. The van der Waals surface area contributed by atoms with Gasteiger partial charge in [-0.1, -0.05) is 5.16 Å². The Morgan fingerprint density at radius 1 is 1.18 bits per heavy atom. The summed E-state index contributed by atoms with van der Waals surface area (Å²) in [4.78, 5) is 76.0. The molecule has 2 atom stereocenters. The van der Waals surface area contributed by atoms with Gasteiger partial charge in [0.05, 0.1) is 49.4 Å². The monoisotopic (exact) mass is 799 g/mol. The van der Waals surface area contributed by atoms with E-state index in [4.69, 9.17) is 10.6 Å². The quantitative estimate of drug-likeness (QED) is 0.0391. The fraction of sp³-hybridized carbons (Fsp3) is 0.457.